The van der Waals surface area contributed by atoms with Gasteiger partial charge in [-0.2, -0.15) is 0 Å². The second-order valence-electron chi connectivity index (χ2n) is 7.46. The molecule has 3 aromatic carbocycles. The molecule has 2 atom stereocenters. The molecule has 6 nitrogen and oxygen atoms in total. The highest BCUT2D eigenvalue weighted by Gasteiger charge is 2.47. The summed E-state index contributed by atoms with van der Waals surface area (Å²) in [5.74, 6) is 0.0809. The van der Waals surface area contributed by atoms with Crippen LogP contribution in [0.1, 0.15) is 33.1 Å². The number of nitrogens with zero attached hydrogens (tertiary/aromatic N) is 1. The fourth-order valence-electron chi connectivity index (χ4n) is 3.61. The Labute approximate surface area is 181 Å². The Morgan fingerprint density at radius 3 is 2.32 bits per heavy atom. The Balaban J connectivity index is 1.67. The van der Waals surface area contributed by atoms with Crippen LogP contribution in [0.2, 0.25) is 0 Å². The normalized spacial score (nSPS) is 19.2. The number of amides is 2. The number of hydrazine groups is 1. The van der Waals surface area contributed by atoms with E-state index in [4.69, 9.17) is 4.74 Å². The van der Waals surface area contributed by atoms with Crippen molar-refractivity contribution in [3.63, 3.8) is 0 Å². The van der Waals surface area contributed by atoms with Crippen molar-refractivity contribution in [1.29, 1.82) is 0 Å². The number of carbonyl (C=O) groups excluding carboxylic acids is 2. The van der Waals surface area contributed by atoms with Gasteiger partial charge < -0.3 is 10.1 Å². The molecule has 2 N–H and O–H groups in total. The van der Waals surface area contributed by atoms with Crippen LogP contribution < -0.4 is 15.5 Å². The highest BCUT2D eigenvalue weighted by atomic mass is 16.5. The summed E-state index contributed by atoms with van der Waals surface area (Å²) >= 11 is 0. The Hall–Kier alpha value is -3.93. The maximum atomic E-state index is 12.9. The van der Waals surface area contributed by atoms with Crippen molar-refractivity contribution < 1.29 is 19.0 Å². The van der Waals surface area contributed by atoms with Crippen molar-refractivity contribution in [2.75, 3.05) is 7.11 Å². The molecule has 0 unspecified atom stereocenters. The fourth-order valence-corrected chi connectivity index (χ4v) is 3.61. The third-order valence-corrected chi connectivity index (χ3v) is 5.28. The van der Waals surface area contributed by atoms with Crippen molar-refractivity contribution in [2.24, 2.45) is 0 Å². The summed E-state index contributed by atoms with van der Waals surface area (Å²) in [5.41, 5.74) is 6.35. The number of hydrogen-bond acceptors (Lipinski definition) is 3. The molecule has 1 aliphatic rings. The van der Waals surface area contributed by atoms with Crippen molar-refractivity contribution in [3.05, 3.63) is 101 Å². The summed E-state index contributed by atoms with van der Waals surface area (Å²) in [7, 11) is 1.57. The summed E-state index contributed by atoms with van der Waals surface area (Å²) in [4.78, 5) is 25.8. The maximum Gasteiger partial charge on any atom is 0.304 e. The molecular formula is C25H24N3O3+. The molecule has 31 heavy (non-hydrogen) atoms. The molecule has 0 aromatic heterocycles. The van der Waals surface area contributed by atoms with Crippen LogP contribution in [0.3, 0.4) is 0 Å². The third-order valence-electron chi connectivity index (χ3n) is 5.28. The van der Waals surface area contributed by atoms with Crippen molar-refractivity contribution in [2.45, 2.75) is 19.0 Å². The van der Waals surface area contributed by atoms with E-state index >= 15 is 0 Å². The number of nitrogens with one attached hydrogen (secondary N) is 2. The van der Waals surface area contributed by atoms with E-state index in [9.17, 15) is 9.59 Å². The minimum Gasteiger partial charge on any atom is -0.497 e. The molecule has 1 heterocycles. The first-order valence-corrected chi connectivity index (χ1v) is 10.1. The Kier molecular flexibility index (Phi) is 5.80. The molecule has 3 aromatic rings. The molecule has 1 saturated heterocycles. The van der Waals surface area contributed by atoms with E-state index < -0.39 is 12.1 Å². The van der Waals surface area contributed by atoms with Gasteiger partial charge in [-0.25, -0.2) is 0 Å². The van der Waals surface area contributed by atoms with E-state index in [0.29, 0.717) is 11.3 Å². The van der Waals surface area contributed by atoms with Crippen LogP contribution in [0.15, 0.2) is 78.9 Å². The summed E-state index contributed by atoms with van der Waals surface area (Å²) in [6, 6.07) is 23.4. The van der Waals surface area contributed by atoms with Crippen LogP contribution in [-0.4, -0.2) is 35.9 Å². The topological polar surface area (TPSA) is 70.4 Å². The van der Waals surface area contributed by atoms with Gasteiger partial charge in [-0.15, -0.1) is 10.1 Å². The van der Waals surface area contributed by atoms with E-state index in [1.165, 1.54) is 0 Å². The van der Waals surface area contributed by atoms with Crippen LogP contribution in [0, 0.1) is 6.92 Å². The number of hydrogen-bond donors (Lipinski definition) is 2. The summed E-state index contributed by atoms with van der Waals surface area (Å²) in [6.07, 6.45) is 1.88. The lowest BCUT2D eigenvalue weighted by Crippen LogP contribution is -2.42. The zero-order valence-corrected chi connectivity index (χ0v) is 17.4. The molecule has 0 spiro atoms. The second-order valence-corrected chi connectivity index (χ2v) is 7.46. The summed E-state index contributed by atoms with van der Waals surface area (Å²) in [5, 5.41) is 2.91. The largest absolute Gasteiger partial charge is 0.497 e. The number of aryl methyl sites for hydroxylation is 1. The van der Waals surface area contributed by atoms with Crippen LogP contribution in [0.5, 0.6) is 5.75 Å². The monoisotopic (exact) mass is 414 g/mol. The number of ether oxygens (including phenoxy) is 1. The molecule has 6 heteroatoms. The molecule has 0 bridgehead atoms. The van der Waals surface area contributed by atoms with Gasteiger partial charge in [0.2, 0.25) is 12.3 Å². The Morgan fingerprint density at radius 1 is 1.00 bits per heavy atom. The first-order valence-electron chi connectivity index (χ1n) is 10.1. The van der Waals surface area contributed by atoms with E-state index in [1.54, 1.807) is 36.1 Å². The number of hydrazone groups is 1. The minimum atomic E-state index is -0.753. The van der Waals surface area contributed by atoms with Crippen molar-refractivity contribution >= 4 is 18.0 Å². The quantitative estimate of drug-likeness (QED) is 0.631. The molecular weight excluding hydrogens is 390 g/mol. The van der Waals surface area contributed by atoms with Crippen molar-refractivity contribution in [1.82, 2.24) is 10.7 Å². The van der Waals surface area contributed by atoms with Gasteiger partial charge in [0.15, 0.2) is 6.04 Å². The number of rotatable bonds is 5. The van der Waals surface area contributed by atoms with Gasteiger partial charge in [-0.05, 0) is 43.3 Å². The molecule has 2 amide bonds. The zero-order valence-electron chi connectivity index (χ0n) is 17.4. The second kappa shape index (κ2) is 8.83. The third kappa shape index (κ3) is 4.48. The average molecular weight is 414 g/mol. The van der Waals surface area contributed by atoms with Gasteiger partial charge >= 0.3 is 5.91 Å². The minimum absolute atomic E-state index is 0.264. The molecule has 0 saturated carbocycles. The average Bonchev–Trinajstić information content (AvgIpc) is 3.09. The predicted octanol–water partition coefficient (Wildman–Crippen LogP) is 3.02. The van der Waals surface area contributed by atoms with Gasteiger partial charge in [0.1, 0.15) is 5.75 Å². The van der Waals surface area contributed by atoms with E-state index in [0.717, 1.165) is 16.7 Å². The standard InChI is InChI=1S/C25H23N3O3/c1-17-8-10-19(11-9-17)23-22(26-24(29)20-12-14-21(31-2)15-13-20)25(30)27-28(23)16-18-6-4-3-5-7-18/h3-16,22-23H,1-2H3,(H-,26,27,29,30)/p+1/b28-16-/t22-,23+/m0/s1. The first-order chi connectivity index (χ1) is 15.0. The van der Waals surface area contributed by atoms with Gasteiger partial charge in [0, 0.05) is 16.7 Å². The maximum absolute atomic E-state index is 12.9. The van der Waals surface area contributed by atoms with Crippen molar-refractivity contribution in [3.8, 4) is 5.75 Å². The van der Waals surface area contributed by atoms with Gasteiger partial charge in [0.25, 0.3) is 5.91 Å². The first kappa shape index (κ1) is 20.3. The number of methoxy groups -OCH3 is 1. The van der Waals surface area contributed by atoms with Crippen LogP contribution in [-0.2, 0) is 4.79 Å². The molecule has 1 aliphatic heterocycles. The van der Waals surface area contributed by atoms with Crippen LogP contribution >= 0.6 is 0 Å². The molecule has 4 rings (SSSR count). The van der Waals surface area contributed by atoms with Crippen LogP contribution in [0.4, 0.5) is 0 Å². The molecule has 0 radical (unpaired) electrons. The number of carbonyl (C=O) groups is 2. The lowest BCUT2D eigenvalue weighted by Gasteiger charge is -2.15. The van der Waals surface area contributed by atoms with E-state index in [-0.39, 0.29) is 11.8 Å². The van der Waals surface area contributed by atoms with E-state index in [1.807, 2.05) is 67.7 Å². The van der Waals surface area contributed by atoms with Crippen LogP contribution in [0.25, 0.3) is 0 Å². The lowest BCUT2D eigenvalue weighted by molar-refractivity contribution is -0.596. The Morgan fingerprint density at radius 2 is 1.68 bits per heavy atom. The highest BCUT2D eigenvalue weighted by Crippen LogP contribution is 2.26. The molecule has 0 aliphatic carbocycles. The van der Waals surface area contributed by atoms with Gasteiger partial charge in [-0.1, -0.05) is 48.0 Å². The summed E-state index contributed by atoms with van der Waals surface area (Å²) in [6.45, 7) is 2.01. The SMILES string of the molecule is COc1ccc(C(=O)N[C@@H]2C(=O)N/[N+](=C\c3ccccc3)[C@@H]2c2ccc(C)cc2)cc1. The van der Waals surface area contributed by atoms with Gasteiger partial charge in [0.05, 0.1) is 7.11 Å². The zero-order chi connectivity index (χ0) is 21.8. The number of benzene rings is 3. The molecule has 156 valence electrons. The lowest BCUT2D eigenvalue weighted by atomic mass is 9.98. The smallest absolute Gasteiger partial charge is 0.304 e. The summed E-state index contributed by atoms with van der Waals surface area (Å²) < 4.78 is 6.91. The van der Waals surface area contributed by atoms with Gasteiger partial charge in [-0.3, -0.25) is 9.59 Å². The molecule has 1 fully saturated rings. The predicted molar refractivity (Wildman–Crippen MR) is 118 cm³/mol. The Bertz CT molecular complexity index is 1110. The highest BCUT2D eigenvalue weighted by molar-refractivity contribution is 5.98. The fraction of sp³-hybridized carbons (Fsp3) is 0.160. The van der Waals surface area contributed by atoms with E-state index in [2.05, 4.69) is 10.7 Å².